The second kappa shape index (κ2) is 6.08. The van der Waals surface area contributed by atoms with Crippen LogP contribution in [0.25, 0.3) is 0 Å². The van der Waals surface area contributed by atoms with E-state index < -0.39 is 23.1 Å². The zero-order valence-electron chi connectivity index (χ0n) is 17.2. The Hall–Kier alpha value is -2.34. The van der Waals surface area contributed by atoms with Gasteiger partial charge in [0.05, 0.1) is 0 Å². The molecule has 29 heavy (non-hydrogen) atoms. The molecule has 0 bridgehead atoms. The van der Waals surface area contributed by atoms with Crippen molar-refractivity contribution in [2.24, 2.45) is 22.7 Å². The number of hydrogen-bond donors (Lipinski definition) is 3. The van der Waals surface area contributed by atoms with Crippen LogP contribution in [-0.2, 0) is 9.53 Å². The highest BCUT2D eigenvalue weighted by molar-refractivity contribution is 5.94. The van der Waals surface area contributed by atoms with Crippen LogP contribution in [0.5, 0.6) is 11.5 Å². The van der Waals surface area contributed by atoms with Gasteiger partial charge in [-0.25, -0.2) is 4.79 Å². The van der Waals surface area contributed by atoms with Crippen molar-refractivity contribution in [2.45, 2.75) is 58.7 Å². The fourth-order valence-corrected chi connectivity index (χ4v) is 6.18. The molecule has 1 aromatic rings. The van der Waals surface area contributed by atoms with E-state index in [4.69, 9.17) is 4.74 Å². The number of ether oxygens (including phenoxy) is 1. The molecule has 0 aliphatic heterocycles. The zero-order valence-corrected chi connectivity index (χ0v) is 17.2. The largest absolute Gasteiger partial charge is 0.508 e. The summed E-state index contributed by atoms with van der Waals surface area (Å²) in [6.07, 6.45) is 4.05. The number of carbonyl (C=O) groups is 2. The Morgan fingerprint density at radius 2 is 1.86 bits per heavy atom. The lowest BCUT2D eigenvalue weighted by molar-refractivity contribution is -0.246. The van der Waals surface area contributed by atoms with Gasteiger partial charge in [-0.3, -0.25) is 4.79 Å². The van der Waals surface area contributed by atoms with Crippen LogP contribution < -0.4 is 0 Å². The number of rotatable bonds is 3. The molecule has 0 spiro atoms. The predicted molar refractivity (Wildman–Crippen MR) is 106 cm³/mol. The third-order valence-corrected chi connectivity index (χ3v) is 7.56. The number of aryl methyl sites for hydroxylation is 1. The molecule has 1 aromatic carbocycles. The average Bonchev–Trinajstić information content (AvgIpc) is 2.91. The highest BCUT2D eigenvalue weighted by atomic mass is 16.6. The third kappa shape index (κ3) is 2.65. The van der Waals surface area contributed by atoms with Gasteiger partial charge in [-0.15, -0.1) is 0 Å². The van der Waals surface area contributed by atoms with Gasteiger partial charge in [0.15, 0.2) is 0 Å². The number of benzene rings is 1. The Morgan fingerprint density at radius 3 is 2.48 bits per heavy atom. The van der Waals surface area contributed by atoms with Gasteiger partial charge in [0.1, 0.15) is 35.1 Å². The Balaban J connectivity index is 1.65. The van der Waals surface area contributed by atoms with Gasteiger partial charge in [0, 0.05) is 17.1 Å². The highest BCUT2D eigenvalue weighted by Crippen LogP contribution is 2.68. The molecule has 156 valence electrons. The second-order valence-electron chi connectivity index (χ2n) is 10.0. The van der Waals surface area contributed by atoms with Crippen LogP contribution in [0, 0.1) is 29.6 Å². The number of allylic oxidation sites excluding steroid dienone is 1. The Morgan fingerprint density at radius 1 is 1.17 bits per heavy atom. The first kappa shape index (κ1) is 20.0. The van der Waals surface area contributed by atoms with E-state index in [1.807, 2.05) is 13.0 Å². The fourth-order valence-electron chi connectivity index (χ4n) is 6.18. The fraction of sp³-hybridized carbons (Fsp3) is 0.565. The Labute approximate surface area is 170 Å². The molecule has 3 N–H and O–H groups in total. The number of fused-ring (bicyclic) bond motifs is 3. The summed E-state index contributed by atoms with van der Waals surface area (Å²) in [5.74, 6) is -0.867. The zero-order chi connectivity index (χ0) is 21.4. The molecular formula is C23H28O6. The lowest BCUT2D eigenvalue weighted by Crippen LogP contribution is -2.72. The van der Waals surface area contributed by atoms with E-state index in [1.54, 1.807) is 6.92 Å². The summed E-state index contributed by atoms with van der Waals surface area (Å²) < 4.78 is 5.61. The van der Waals surface area contributed by atoms with Gasteiger partial charge in [0.25, 0.3) is 0 Å². The highest BCUT2D eigenvalue weighted by Gasteiger charge is 2.72. The van der Waals surface area contributed by atoms with Crippen LogP contribution in [-0.4, -0.2) is 39.3 Å². The maximum absolute atomic E-state index is 12.8. The van der Waals surface area contributed by atoms with E-state index in [0.29, 0.717) is 18.3 Å². The van der Waals surface area contributed by atoms with Crippen molar-refractivity contribution < 1.29 is 29.6 Å². The number of phenolic OH excluding ortho intramolecular Hbond substituents is 2. The summed E-state index contributed by atoms with van der Waals surface area (Å²) in [6, 6.07) is 2.43. The van der Waals surface area contributed by atoms with Crippen molar-refractivity contribution in [3.05, 3.63) is 34.9 Å². The smallest absolute Gasteiger partial charge is 0.342 e. The molecule has 0 saturated heterocycles. The lowest BCUT2D eigenvalue weighted by atomic mass is 9.44. The summed E-state index contributed by atoms with van der Waals surface area (Å²) in [6.45, 7) is 7.97. The molecule has 0 heterocycles. The summed E-state index contributed by atoms with van der Waals surface area (Å²) in [4.78, 5) is 24.6. The van der Waals surface area contributed by atoms with Crippen LogP contribution in [0.2, 0.25) is 0 Å². The molecule has 0 radical (unpaired) electrons. The maximum Gasteiger partial charge on any atom is 0.342 e. The van der Waals surface area contributed by atoms with Gasteiger partial charge < -0.3 is 20.1 Å². The number of hydrogen-bond acceptors (Lipinski definition) is 6. The summed E-state index contributed by atoms with van der Waals surface area (Å²) in [5, 5.41) is 31.3. The summed E-state index contributed by atoms with van der Waals surface area (Å²) in [7, 11) is 0. The molecule has 4 rings (SSSR count). The minimum absolute atomic E-state index is 0.0488. The van der Waals surface area contributed by atoms with Crippen LogP contribution in [0.1, 0.15) is 56.0 Å². The molecule has 6 heteroatoms. The van der Waals surface area contributed by atoms with Crippen molar-refractivity contribution in [3.8, 4) is 11.5 Å². The van der Waals surface area contributed by atoms with Crippen LogP contribution in [0.4, 0.5) is 0 Å². The van der Waals surface area contributed by atoms with Gasteiger partial charge in [-0.1, -0.05) is 26.8 Å². The first-order chi connectivity index (χ1) is 13.4. The van der Waals surface area contributed by atoms with E-state index in [-0.39, 0.29) is 39.9 Å². The Bertz CT molecular complexity index is 908. The molecule has 3 aliphatic rings. The standard InChI is InChI=1S/C23H28O6/c1-12-5-15(25)7-17(26)19(12)20(27)29-18-10-22(4)16-9-21(2,3)8-13(16)6-14(11-24)23(18,22)28/h5-7,11,13,16,18,25-26,28H,8-10H2,1-4H3. The number of aliphatic hydroxyl groups is 1. The first-order valence-corrected chi connectivity index (χ1v) is 10.1. The molecule has 3 aliphatic carbocycles. The van der Waals surface area contributed by atoms with E-state index in [1.165, 1.54) is 6.07 Å². The third-order valence-electron chi connectivity index (χ3n) is 7.56. The monoisotopic (exact) mass is 400 g/mol. The number of esters is 1. The number of carbonyl (C=O) groups excluding carboxylic acids is 2. The average molecular weight is 400 g/mol. The normalized spacial score (nSPS) is 37.0. The van der Waals surface area contributed by atoms with Crippen molar-refractivity contribution >= 4 is 12.3 Å². The summed E-state index contributed by atoms with van der Waals surface area (Å²) in [5.41, 5.74) is -1.35. The van der Waals surface area contributed by atoms with E-state index in [9.17, 15) is 24.9 Å². The summed E-state index contributed by atoms with van der Waals surface area (Å²) >= 11 is 0. The van der Waals surface area contributed by atoms with E-state index in [2.05, 4.69) is 13.8 Å². The first-order valence-electron chi connectivity index (χ1n) is 10.1. The van der Waals surface area contributed by atoms with Crippen molar-refractivity contribution in [2.75, 3.05) is 0 Å². The van der Waals surface area contributed by atoms with Gasteiger partial charge in [0.2, 0.25) is 0 Å². The molecule has 2 saturated carbocycles. The second-order valence-corrected chi connectivity index (χ2v) is 10.0. The number of phenols is 2. The van der Waals surface area contributed by atoms with Gasteiger partial charge in [-0.05, 0) is 55.1 Å². The van der Waals surface area contributed by atoms with Crippen LogP contribution >= 0.6 is 0 Å². The molecule has 0 aromatic heterocycles. The molecular weight excluding hydrogens is 372 g/mol. The van der Waals surface area contributed by atoms with Crippen molar-refractivity contribution in [3.63, 3.8) is 0 Å². The quantitative estimate of drug-likeness (QED) is 0.531. The number of aromatic hydroxyl groups is 2. The molecule has 5 unspecified atom stereocenters. The van der Waals surface area contributed by atoms with Gasteiger partial charge in [-0.2, -0.15) is 0 Å². The molecule has 6 nitrogen and oxygen atoms in total. The maximum atomic E-state index is 12.8. The van der Waals surface area contributed by atoms with E-state index >= 15 is 0 Å². The van der Waals surface area contributed by atoms with Crippen LogP contribution in [0.3, 0.4) is 0 Å². The topological polar surface area (TPSA) is 104 Å². The van der Waals surface area contributed by atoms with Crippen molar-refractivity contribution in [1.82, 2.24) is 0 Å². The minimum atomic E-state index is -1.54. The molecule has 2 fully saturated rings. The van der Waals surface area contributed by atoms with E-state index in [0.717, 1.165) is 18.9 Å². The van der Waals surface area contributed by atoms with Gasteiger partial charge >= 0.3 is 5.97 Å². The predicted octanol–water partition coefficient (Wildman–Crippen LogP) is 3.26. The minimum Gasteiger partial charge on any atom is -0.508 e. The SMILES string of the molecule is Cc1cc(O)cc(O)c1C(=O)OC1CC2(C)C3CC(C)(C)CC3C=C(C=O)C12O. The molecule has 5 atom stereocenters. The molecule has 0 amide bonds. The van der Waals surface area contributed by atoms with Crippen molar-refractivity contribution in [1.29, 1.82) is 0 Å². The Kier molecular flexibility index (Phi) is 4.18. The van der Waals surface area contributed by atoms with Crippen LogP contribution in [0.15, 0.2) is 23.8 Å². The number of aldehydes is 1. The lowest BCUT2D eigenvalue weighted by Gasteiger charge is -2.64.